The van der Waals surface area contributed by atoms with Crippen LogP contribution in [0.25, 0.3) is 0 Å². The molecule has 3 aliphatic heterocycles. The van der Waals surface area contributed by atoms with Gasteiger partial charge < -0.3 is 29.2 Å². The van der Waals surface area contributed by atoms with Crippen molar-refractivity contribution in [2.24, 2.45) is 0 Å². The summed E-state index contributed by atoms with van der Waals surface area (Å²) in [5.41, 5.74) is 1.22. The fourth-order valence-corrected chi connectivity index (χ4v) is 4.92. The Bertz CT molecular complexity index is 734. The van der Waals surface area contributed by atoms with E-state index in [9.17, 15) is 9.59 Å². The van der Waals surface area contributed by atoms with E-state index in [1.54, 1.807) is 7.11 Å². The molecule has 2 amide bonds. The number of methoxy groups -OCH3 is 1. The van der Waals surface area contributed by atoms with E-state index in [-0.39, 0.29) is 11.8 Å². The molecule has 0 aromatic heterocycles. The summed E-state index contributed by atoms with van der Waals surface area (Å²) in [6.07, 6.45) is 2.28. The summed E-state index contributed by atoms with van der Waals surface area (Å²) in [4.78, 5) is 34.3. The van der Waals surface area contributed by atoms with Crippen LogP contribution in [0, 0.1) is 0 Å². The zero-order chi connectivity index (χ0) is 21.6. The number of piperazine rings is 2. The first-order valence-electron chi connectivity index (χ1n) is 11.7. The molecule has 0 saturated carbocycles. The normalized spacial score (nSPS) is 20.9. The topological polar surface area (TPSA) is 62.0 Å². The van der Waals surface area contributed by atoms with Gasteiger partial charge in [0.1, 0.15) is 5.75 Å². The average molecular weight is 432 g/mol. The standard InChI is InChI=1S/C23H35N5O3/c1-31-21-6-4-20(5-7-21)26-14-10-24(11-15-26)19-23(30)28-16-12-25(13-17-28)18-22(29)27-8-2-3-9-27/h4-7H,2-3,8-19H2,1H3/p+2. The van der Waals surface area contributed by atoms with Gasteiger partial charge in [-0.05, 0) is 37.1 Å². The molecule has 170 valence electrons. The molecular formula is C23H37N5O3+2. The summed E-state index contributed by atoms with van der Waals surface area (Å²) < 4.78 is 5.24. The highest BCUT2D eigenvalue weighted by Crippen LogP contribution is 2.18. The molecule has 0 bridgehead atoms. The van der Waals surface area contributed by atoms with Crippen molar-refractivity contribution < 1.29 is 24.1 Å². The third-order valence-electron chi connectivity index (χ3n) is 6.99. The van der Waals surface area contributed by atoms with Crippen LogP contribution in [0.15, 0.2) is 24.3 Å². The van der Waals surface area contributed by atoms with E-state index < -0.39 is 0 Å². The predicted molar refractivity (Wildman–Crippen MR) is 119 cm³/mol. The minimum atomic E-state index is 0.262. The lowest BCUT2D eigenvalue weighted by Crippen LogP contribution is -3.17. The maximum absolute atomic E-state index is 12.8. The average Bonchev–Trinajstić information content (AvgIpc) is 3.35. The number of hydrogen-bond acceptors (Lipinski definition) is 4. The smallest absolute Gasteiger partial charge is 0.278 e. The van der Waals surface area contributed by atoms with Crippen LogP contribution in [0.1, 0.15) is 12.8 Å². The number of anilines is 1. The van der Waals surface area contributed by atoms with Crippen molar-refractivity contribution in [2.75, 3.05) is 90.5 Å². The molecule has 0 aliphatic carbocycles. The lowest BCUT2D eigenvalue weighted by atomic mass is 10.2. The van der Waals surface area contributed by atoms with E-state index in [1.165, 1.54) is 15.5 Å². The van der Waals surface area contributed by atoms with Gasteiger partial charge in [-0.25, -0.2) is 0 Å². The molecule has 4 rings (SSSR count). The van der Waals surface area contributed by atoms with Gasteiger partial charge in [-0.1, -0.05) is 0 Å². The van der Waals surface area contributed by atoms with Crippen molar-refractivity contribution in [3.05, 3.63) is 24.3 Å². The Morgan fingerprint density at radius 1 is 0.774 bits per heavy atom. The minimum absolute atomic E-state index is 0.262. The van der Waals surface area contributed by atoms with E-state index in [0.717, 1.165) is 84.0 Å². The van der Waals surface area contributed by atoms with Crippen LogP contribution in [-0.4, -0.2) is 107 Å². The van der Waals surface area contributed by atoms with Crippen LogP contribution in [0.3, 0.4) is 0 Å². The van der Waals surface area contributed by atoms with Gasteiger partial charge in [0.05, 0.1) is 59.5 Å². The molecule has 3 aliphatic rings. The molecule has 0 unspecified atom stereocenters. The van der Waals surface area contributed by atoms with Gasteiger partial charge >= 0.3 is 0 Å². The number of nitrogens with zero attached hydrogens (tertiary/aromatic N) is 3. The molecule has 3 heterocycles. The molecule has 1 aromatic rings. The maximum atomic E-state index is 12.8. The van der Waals surface area contributed by atoms with Crippen molar-refractivity contribution in [2.45, 2.75) is 12.8 Å². The van der Waals surface area contributed by atoms with Crippen molar-refractivity contribution in [3.63, 3.8) is 0 Å². The molecule has 0 radical (unpaired) electrons. The number of hydrogen-bond donors (Lipinski definition) is 2. The van der Waals surface area contributed by atoms with Gasteiger partial charge in [-0.3, -0.25) is 9.59 Å². The Hall–Kier alpha value is -2.32. The summed E-state index contributed by atoms with van der Waals surface area (Å²) in [7, 11) is 1.68. The summed E-state index contributed by atoms with van der Waals surface area (Å²) >= 11 is 0. The van der Waals surface area contributed by atoms with E-state index in [2.05, 4.69) is 17.0 Å². The number of rotatable bonds is 6. The lowest BCUT2D eigenvalue weighted by molar-refractivity contribution is -0.898. The number of benzene rings is 1. The molecule has 2 N–H and O–H groups in total. The highest BCUT2D eigenvalue weighted by atomic mass is 16.5. The number of ether oxygens (including phenoxy) is 1. The number of nitrogens with one attached hydrogen (secondary N) is 2. The van der Waals surface area contributed by atoms with Crippen molar-refractivity contribution in [1.29, 1.82) is 0 Å². The third-order valence-corrected chi connectivity index (χ3v) is 6.99. The highest BCUT2D eigenvalue weighted by molar-refractivity contribution is 5.78. The number of quaternary nitrogens is 2. The van der Waals surface area contributed by atoms with Gasteiger partial charge in [-0.15, -0.1) is 0 Å². The second-order valence-electron chi connectivity index (χ2n) is 9.01. The SMILES string of the molecule is COc1ccc(N2CC[NH+](CC(=O)N3CC[NH+](CC(=O)N4CCCC4)CC3)CC2)cc1. The minimum Gasteiger partial charge on any atom is -0.497 e. The lowest BCUT2D eigenvalue weighted by Gasteiger charge is -2.36. The van der Waals surface area contributed by atoms with Crippen LogP contribution in [-0.2, 0) is 9.59 Å². The fraction of sp³-hybridized carbons (Fsp3) is 0.652. The zero-order valence-corrected chi connectivity index (χ0v) is 18.8. The number of likely N-dealkylation sites (tertiary alicyclic amines) is 1. The van der Waals surface area contributed by atoms with Crippen LogP contribution in [0.5, 0.6) is 5.75 Å². The van der Waals surface area contributed by atoms with Gasteiger partial charge in [0.15, 0.2) is 13.1 Å². The first-order valence-corrected chi connectivity index (χ1v) is 11.7. The summed E-state index contributed by atoms with van der Waals surface area (Å²) in [5.74, 6) is 1.42. The molecule has 0 spiro atoms. The Morgan fingerprint density at radius 2 is 1.26 bits per heavy atom. The second-order valence-corrected chi connectivity index (χ2v) is 9.01. The summed E-state index contributed by atoms with van der Waals surface area (Å²) in [6, 6.07) is 8.20. The third kappa shape index (κ3) is 5.68. The Morgan fingerprint density at radius 3 is 1.77 bits per heavy atom. The quantitative estimate of drug-likeness (QED) is 0.534. The van der Waals surface area contributed by atoms with Crippen LogP contribution >= 0.6 is 0 Å². The molecule has 8 heteroatoms. The summed E-state index contributed by atoms with van der Waals surface area (Å²) in [6.45, 7) is 10.2. The molecule has 1 aromatic carbocycles. The molecule has 0 atom stereocenters. The van der Waals surface area contributed by atoms with E-state index in [0.29, 0.717) is 13.1 Å². The fourth-order valence-electron chi connectivity index (χ4n) is 4.92. The predicted octanol–water partition coefficient (Wildman–Crippen LogP) is -2.25. The first-order chi connectivity index (χ1) is 15.1. The number of carbonyl (C=O) groups is 2. The Labute approximate surface area is 185 Å². The molecule has 31 heavy (non-hydrogen) atoms. The van der Waals surface area contributed by atoms with E-state index >= 15 is 0 Å². The monoisotopic (exact) mass is 431 g/mol. The molecule has 3 fully saturated rings. The summed E-state index contributed by atoms with van der Waals surface area (Å²) in [5, 5.41) is 0. The van der Waals surface area contributed by atoms with Crippen molar-refractivity contribution >= 4 is 17.5 Å². The Kier molecular flexibility index (Phi) is 7.29. The van der Waals surface area contributed by atoms with Gasteiger partial charge in [0.2, 0.25) is 0 Å². The van der Waals surface area contributed by atoms with Gasteiger partial charge in [-0.2, -0.15) is 0 Å². The van der Waals surface area contributed by atoms with Crippen LogP contribution < -0.4 is 19.4 Å². The van der Waals surface area contributed by atoms with E-state index in [1.807, 2.05) is 21.9 Å². The number of carbonyl (C=O) groups excluding carboxylic acids is 2. The zero-order valence-electron chi connectivity index (χ0n) is 18.8. The maximum Gasteiger partial charge on any atom is 0.278 e. The highest BCUT2D eigenvalue weighted by Gasteiger charge is 2.30. The van der Waals surface area contributed by atoms with Crippen molar-refractivity contribution in [1.82, 2.24) is 9.80 Å². The van der Waals surface area contributed by atoms with Crippen LogP contribution in [0.4, 0.5) is 5.69 Å². The van der Waals surface area contributed by atoms with Crippen LogP contribution in [0.2, 0.25) is 0 Å². The number of amides is 2. The van der Waals surface area contributed by atoms with Gasteiger partial charge in [0, 0.05) is 18.8 Å². The Balaban J connectivity index is 1.16. The second kappa shape index (κ2) is 10.3. The van der Waals surface area contributed by atoms with Gasteiger partial charge in [0.25, 0.3) is 11.8 Å². The molecule has 8 nitrogen and oxygen atoms in total. The largest absolute Gasteiger partial charge is 0.497 e. The molecular weight excluding hydrogens is 394 g/mol. The first kappa shape index (κ1) is 21.9. The molecule has 3 saturated heterocycles. The van der Waals surface area contributed by atoms with E-state index in [4.69, 9.17) is 4.74 Å². The van der Waals surface area contributed by atoms with Crippen molar-refractivity contribution in [3.8, 4) is 5.75 Å².